The number of carbonyl (C=O) groups is 1. The van der Waals surface area contributed by atoms with Gasteiger partial charge in [0.2, 0.25) is 6.79 Å². The lowest BCUT2D eigenvalue weighted by Crippen LogP contribution is -2.22. The van der Waals surface area contributed by atoms with E-state index in [0.717, 1.165) is 28.4 Å². The van der Waals surface area contributed by atoms with Crippen molar-refractivity contribution in [1.29, 1.82) is 0 Å². The molecule has 1 heterocycles. The highest BCUT2D eigenvalue weighted by atomic mass is 32.2. The first kappa shape index (κ1) is 14.8. The normalized spacial score (nSPS) is 12.2. The van der Waals surface area contributed by atoms with Gasteiger partial charge >= 0.3 is 0 Å². The monoisotopic (exact) mass is 315 g/mol. The minimum atomic E-state index is -0.0689. The van der Waals surface area contributed by atoms with Crippen LogP contribution in [0.5, 0.6) is 11.5 Å². The van der Waals surface area contributed by atoms with Crippen molar-refractivity contribution in [2.24, 2.45) is 0 Å². The summed E-state index contributed by atoms with van der Waals surface area (Å²) < 4.78 is 10.6. The van der Waals surface area contributed by atoms with Crippen LogP contribution in [0.25, 0.3) is 0 Å². The van der Waals surface area contributed by atoms with Crippen LogP contribution in [0.15, 0.2) is 42.5 Å². The molecule has 0 saturated heterocycles. The van der Waals surface area contributed by atoms with Gasteiger partial charge in [-0.05, 0) is 41.6 Å². The molecule has 0 atom stereocenters. The predicted molar refractivity (Wildman–Crippen MR) is 87.4 cm³/mol. The van der Waals surface area contributed by atoms with Crippen LogP contribution >= 0.6 is 11.8 Å². The van der Waals surface area contributed by atoms with E-state index in [0.29, 0.717) is 12.1 Å². The summed E-state index contributed by atoms with van der Waals surface area (Å²) in [6, 6.07) is 13.4. The molecule has 1 aliphatic rings. The van der Waals surface area contributed by atoms with E-state index in [2.05, 4.69) is 5.32 Å². The molecule has 0 aliphatic carbocycles. The zero-order valence-corrected chi connectivity index (χ0v) is 13.1. The Hall–Kier alpha value is -2.14. The number of rotatable bonds is 5. The molecule has 0 unspecified atom stereocenters. The Morgan fingerprint density at radius 3 is 2.86 bits per heavy atom. The molecule has 0 fully saturated rings. The van der Waals surface area contributed by atoms with Gasteiger partial charge < -0.3 is 14.8 Å². The first-order valence-corrected chi connectivity index (χ1v) is 8.40. The Labute approximate surface area is 133 Å². The highest BCUT2D eigenvalue weighted by Crippen LogP contribution is 2.32. The van der Waals surface area contributed by atoms with Crippen molar-refractivity contribution in [3.05, 3.63) is 59.2 Å². The van der Waals surface area contributed by atoms with Crippen molar-refractivity contribution < 1.29 is 14.3 Å². The summed E-state index contributed by atoms with van der Waals surface area (Å²) in [5.74, 6) is 2.32. The molecule has 5 heteroatoms. The molecule has 0 spiro atoms. The van der Waals surface area contributed by atoms with Gasteiger partial charge in [-0.25, -0.2) is 0 Å². The molecule has 22 heavy (non-hydrogen) atoms. The molecule has 3 rings (SSSR count). The maximum Gasteiger partial charge on any atom is 0.251 e. The molecule has 4 nitrogen and oxygen atoms in total. The van der Waals surface area contributed by atoms with E-state index in [-0.39, 0.29) is 12.7 Å². The van der Waals surface area contributed by atoms with E-state index in [9.17, 15) is 4.79 Å². The largest absolute Gasteiger partial charge is 0.454 e. The molecular formula is C17H17NO3S. The van der Waals surface area contributed by atoms with Gasteiger partial charge in [0.05, 0.1) is 0 Å². The quantitative estimate of drug-likeness (QED) is 0.920. The number of carbonyl (C=O) groups excluding carboxylic acids is 1. The standard InChI is InChI=1S/C17H17NO3S/c1-22-10-13-3-2-4-14(7-13)17(19)18-9-12-5-6-15-16(8-12)21-11-20-15/h2-8H,9-11H2,1H3,(H,18,19). The topological polar surface area (TPSA) is 47.6 Å². The van der Waals surface area contributed by atoms with Crippen LogP contribution in [0.3, 0.4) is 0 Å². The van der Waals surface area contributed by atoms with Gasteiger partial charge in [0.25, 0.3) is 5.91 Å². The van der Waals surface area contributed by atoms with Crippen molar-refractivity contribution in [3.63, 3.8) is 0 Å². The summed E-state index contributed by atoms with van der Waals surface area (Å²) in [6.45, 7) is 0.718. The molecule has 1 amide bonds. The number of nitrogens with one attached hydrogen (secondary N) is 1. The Kier molecular flexibility index (Phi) is 4.53. The van der Waals surface area contributed by atoms with Crippen LogP contribution in [-0.4, -0.2) is 19.0 Å². The molecule has 0 saturated carbocycles. The fraction of sp³-hybridized carbons (Fsp3) is 0.235. The second-order valence-corrected chi connectivity index (χ2v) is 5.87. The number of hydrogen-bond donors (Lipinski definition) is 1. The van der Waals surface area contributed by atoms with Crippen LogP contribution in [0, 0.1) is 0 Å². The van der Waals surface area contributed by atoms with E-state index >= 15 is 0 Å². The minimum Gasteiger partial charge on any atom is -0.454 e. The SMILES string of the molecule is CSCc1cccc(C(=O)NCc2ccc3c(c2)OCO3)c1. The summed E-state index contributed by atoms with van der Waals surface area (Å²) in [5, 5.41) is 2.93. The van der Waals surface area contributed by atoms with Crippen molar-refractivity contribution >= 4 is 17.7 Å². The average Bonchev–Trinajstić information content (AvgIpc) is 3.01. The lowest BCUT2D eigenvalue weighted by molar-refractivity contribution is 0.0950. The van der Waals surface area contributed by atoms with E-state index in [1.807, 2.05) is 48.7 Å². The van der Waals surface area contributed by atoms with Crippen molar-refractivity contribution in [3.8, 4) is 11.5 Å². The number of amides is 1. The minimum absolute atomic E-state index is 0.0689. The Bertz CT molecular complexity index is 687. The van der Waals surface area contributed by atoms with Gasteiger partial charge in [-0.15, -0.1) is 0 Å². The van der Waals surface area contributed by atoms with Crippen LogP contribution in [-0.2, 0) is 12.3 Å². The fourth-order valence-electron chi connectivity index (χ4n) is 2.30. The van der Waals surface area contributed by atoms with Gasteiger partial charge in [-0.3, -0.25) is 4.79 Å². The summed E-state index contributed by atoms with van der Waals surface area (Å²) in [5.41, 5.74) is 2.83. The van der Waals surface area contributed by atoms with Crippen LogP contribution in [0.1, 0.15) is 21.5 Å². The Morgan fingerprint density at radius 1 is 1.14 bits per heavy atom. The van der Waals surface area contributed by atoms with Crippen LogP contribution in [0.4, 0.5) is 0 Å². The highest BCUT2D eigenvalue weighted by molar-refractivity contribution is 7.97. The molecule has 1 aliphatic heterocycles. The van der Waals surface area contributed by atoms with Crippen molar-refractivity contribution in [2.45, 2.75) is 12.3 Å². The average molecular weight is 315 g/mol. The van der Waals surface area contributed by atoms with Gasteiger partial charge in [0.1, 0.15) is 0 Å². The Morgan fingerprint density at radius 2 is 2.00 bits per heavy atom. The highest BCUT2D eigenvalue weighted by Gasteiger charge is 2.13. The molecule has 1 N–H and O–H groups in total. The molecule has 0 radical (unpaired) electrons. The van der Waals surface area contributed by atoms with Crippen molar-refractivity contribution in [2.75, 3.05) is 13.0 Å². The van der Waals surface area contributed by atoms with E-state index in [4.69, 9.17) is 9.47 Å². The van der Waals surface area contributed by atoms with Crippen LogP contribution in [0.2, 0.25) is 0 Å². The molecule has 0 aromatic heterocycles. The predicted octanol–water partition coefficient (Wildman–Crippen LogP) is 3.21. The number of ether oxygens (including phenoxy) is 2. The molecule has 2 aromatic carbocycles. The Balaban J connectivity index is 1.63. The second kappa shape index (κ2) is 6.75. The zero-order chi connectivity index (χ0) is 15.4. The third kappa shape index (κ3) is 3.36. The van der Waals surface area contributed by atoms with Crippen molar-refractivity contribution in [1.82, 2.24) is 5.32 Å². The molecule has 114 valence electrons. The first-order valence-electron chi connectivity index (χ1n) is 7.01. The summed E-state index contributed by atoms with van der Waals surface area (Å²) in [7, 11) is 0. The smallest absolute Gasteiger partial charge is 0.251 e. The molecule has 2 aromatic rings. The number of thioether (sulfide) groups is 1. The first-order chi connectivity index (χ1) is 10.8. The maximum atomic E-state index is 12.2. The van der Waals surface area contributed by atoms with E-state index in [1.54, 1.807) is 11.8 Å². The summed E-state index contributed by atoms with van der Waals surface area (Å²) >= 11 is 1.74. The van der Waals surface area contributed by atoms with Gasteiger partial charge in [0.15, 0.2) is 11.5 Å². The molecule has 0 bridgehead atoms. The summed E-state index contributed by atoms with van der Waals surface area (Å²) in [6.07, 6.45) is 2.05. The van der Waals surface area contributed by atoms with Gasteiger partial charge in [-0.1, -0.05) is 18.2 Å². The maximum absolute atomic E-state index is 12.2. The zero-order valence-electron chi connectivity index (χ0n) is 12.3. The van der Waals surface area contributed by atoms with E-state index < -0.39 is 0 Å². The van der Waals surface area contributed by atoms with Crippen LogP contribution < -0.4 is 14.8 Å². The van der Waals surface area contributed by atoms with Gasteiger partial charge in [0, 0.05) is 17.9 Å². The van der Waals surface area contributed by atoms with E-state index in [1.165, 1.54) is 0 Å². The third-order valence-electron chi connectivity index (χ3n) is 3.39. The third-order valence-corrected chi connectivity index (χ3v) is 4.01. The molecular weight excluding hydrogens is 298 g/mol. The fourth-order valence-corrected chi connectivity index (χ4v) is 2.82. The second-order valence-electron chi connectivity index (χ2n) is 5.00. The lowest BCUT2D eigenvalue weighted by Gasteiger charge is -2.07. The number of benzene rings is 2. The number of fused-ring (bicyclic) bond motifs is 1. The van der Waals surface area contributed by atoms with Gasteiger partial charge in [-0.2, -0.15) is 11.8 Å². The summed E-state index contributed by atoms with van der Waals surface area (Å²) in [4.78, 5) is 12.2. The number of hydrogen-bond acceptors (Lipinski definition) is 4. The lowest BCUT2D eigenvalue weighted by atomic mass is 10.1.